The Morgan fingerprint density at radius 2 is 2.11 bits per heavy atom. The van der Waals surface area contributed by atoms with Crippen molar-refractivity contribution in [3.63, 3.8) is 0 Å². The minimum Gasteiger partial charge on any atom is -0.480 e. The number of aliphatic hydroxyl groups excluding tert-OH is 1. The maximum absolute atomic E-state index is 10.7. The maximum atomic E-state index is 10.7. The van der Waals surface area contributed by atoms with E-state index in [1.54, 1.807) is 0 Å². The molecule has 4 nitrogen and oxygen atoms in total. The highest BCUT2D eigenvalue weighted by atomic mass is 35.5. The standard InChI is InChI=1S/C13H18ClNO3/c1-8(2)10-5-9(3-4-11(10)14)6-15-12(7-16)13(17)18/h3-5,8,12,15-16H,6-7H2,1-2H3,(H,17,18)/t12-/m1/s1. The highest BCUT2D eigenvalue weighted by Gasteiger charge is 2.15. The highest BCUT2D eigenvalue weighted by Crippen LogP contribution is 2.25. The van der Waals surface area contributed by atoms with E-state index in [1.807, 2.05) is 32.0 Å². The van der Waals surface area contributed by atoms with E-state index in [0.29, 0.717) is 17.5 Å². The molecule has 5 heteroatoms. The first-order chi connectivity index (χ1) is 8.45. The van der Waals surface area contributed by atoms with Crippen molar-refractivity contribution in [1.82, 2.24) is 5.32 Å². The number of carboxylic acid groups (broad SMARTS) is 1. The highest BCUT2D eigenvalue weighted by molar-refractivity contribution is 6.31. The van der Waals surface area contributed by atoms with E-state index in [1.165, 1.54) is 0 Å². The van der Waals surface area contributed by atoms with E-state index in [0.717, 1.165) is 11.1 Å². The minimum absolute atomic E-state index is 0.311. The summed E-state index contributed by atoms with van der Waals surface area (Å²) in [6.07, 6.45) is 0. The summed E-state index contributed by atoms with van der Waals surface area (Å²) < 4.78 is 0. The number of aliphatic hydroxyl groups is 1. The molecular formula is C13H18ClNO3. The molecule has 3 N–H and O–H groups in total. The number of carboxylic acids is 1. The molecule has 1 atom stereocenters. The predicted molar refractivity (Wildman–Crippen MR) is 70.9 cm³/mol. The summed E-state index contributed by atoms with van der Waals surface area (Å²) in [5.74, 6) is -0.749. The summed E-state index contributed by atoms with van der Waals surface area (Å²) in [6.45, 7) is 4.05. The van der Waals surface area contributed by atoms with Gasteiger partial charge in [0.2, 0.25) is 0 Å². The van der Waals surface area contributed by atoms with E-state index in [4.69, 9.17) is 21.8 Å². The lowest BCUT2D eigenvalue weighted by Crippen LogP contribution is -2.39. The fourth-order valence-corrected chi connectivity index (χ4v) is 1.95. The molecule has 0 radical (unpaired) electrons. The molecule has 0 amide bonds. The van der Waals surface area contributed by atoms with Crippen LogP contribution in [0, 0.1) is 0 Å². The molecule has 0 aliphatic carbocycles. The van der Waals surface area contributed by atoms with Gasteiger partial charge in [0.15, 0.2) is 0 Å². The Bertz CT molecular complexity index is 421. The lowest BCUT2D eigenvalue weighted by molar-refractivity contribution is -0.140. The van der Waals surface area contributed by atoms with Crippen LogP contribution in [0.25, 0.3) is 0 Å². The van der Waals surface area contributed by atoms with Crippen LogP contribution in [0.1, 0.15) is 30.9 Å². The van der Waals surface area contributed by atoms with Crippen LogP contribution in [0.2, 0.25) is 5.02 Å². The fraction of sp³-hybridized carbons (Fsp3) is 0.462. The first kappa shape index (κ1) is 15.0. The fourth-order valence-electron chi connectivity index (χ4n) is 1.62. The molecule has 0 heterocycles. The third kappa shape index (κ3) is 3.98. The summed E-state index contributed by atoms with van der Waals surface area (Å²) in [7, 11) is 0. The summed E-state index contributed by atoms with van der Waals surface area (Å²) in [5, 5.41) is 21.2. The second kappa shape index (κ2) is 6.73. The maximum Gasteiger partial charge on any atom is 0.323 e. The molecule has 0 aliphatic rings. The Hall–Kier alpha value is -1.10. The molecule has 0 unspecified atom stereocenters. The molecule has 1 rings (SSSR count). The van der Waals surface area contributed by atoms with E-state index in [-0.39, 0.29) is 0 Å². The average Bonchev–Trinajstić information content (AvgIpc) is 2.31. The van der Waals surface area contributed by atoms with Crippen molar-refractivity contribution in [1.29, 1.82) is 0 Å². The Labute approximate surface area is 112 Å². The monoisotopic (exact) mass is 271 g/mol. The van der Waals surface area contributed by atoms with Gasteiger partial charge in [0.1, 0.15) is 6.04 Å². The molecule has 1 aromatic carbocycles. The third-order valence-corrected chi connectivity index (χ3v) is 3.06. The topological polar surface area (TPSA) is 69.6 Å². The van der Waals surface area contributed by atoms with E-state index in [9.17, 15) is 4.79 Å². The van der Waals surface area contributed by atoms with Crippen LogP contribution in [-0.2, 0) is 11.3 Å². The molecule has 0 spiro atoms. The molecule has 1 aromatic rings. The van der Waals surface area contributed by atoms with Gasteiger partial charge in [-0.25, -0.2) is 0 Å². The quantitative estimate of drug-likeness (QED) is 0.740. The first-order valence-corrected chi connectivity index (χ1v) is 6.19. The zero-order chi connectivity index (χ0) is 13.7. The smallest absolute Gasteiger partial charge is 0.323 e. The zero-order valence-electron chi connectivity index (χ0n) is 10.5. The summed E-state index contributed by atoms with van der Waals surface area (Å²) in [5.41, 5.74) is 1.98. The van der Waals surface area contributed by atoms with Gasteiger partial charge in [-0.2, -0.15) is 0 Å². The SMILES string of the molecule is CC(C)c1cc(CN[C@H](CO)C(=O)O)ccc1Cl. The van der Waals surface area contributed by atoms with Crippen LogP contribution in [0.3, 0.4) is 0 Å². The van der Waals surface area contributed by atoms with Crippen LogP contribution in [0.15, 0.2) is 18.2 Å². The minimum atomic E-state index is -1.06. The van der Waals surface area contributed by atoms with Crippen LogP contribution in [-0.4, -0.2) is 28.8 Å². The van der Waals surface area contributed by atoms with Crippen LogP contribution in [0.4, 0.5) is 0 Å². The Kier molecular flexibility index (Phi) is 5.59. The summed E-state index contributed by atoms with van der Waals surface area (Å²) >= 11 is 6.08. The molecule has 18 heavy (non-hydrogen) atoms. The van der Waals surface area contributed by atoms with Crippen molar-refractivity contribution in [2.24, 2.45) is 0 Å². The first-order valence-electron chi connectivity index (χ1n) is 5.81. The molecule has 100 valence electrons. The van der Waals surface area contributed by atoms with Crippen molar-refractivity contribution < 1.29 is 15.0 Å². The molecule has 0 saturated carbocycles. The lowest BCUT2D eigenvalue weighted by atomic mass is 10.0. The molecule has 0 aromatic heterocycles. The lowest BCUT2D eigenvalue weighted by Gasteiger charge is -2.14. The van der Waals surface area contributed by atoms with Crippen molar-refractivity contribution in [3.05, 3.63) is 34.3 Å². The molecule has 0 fully saturated rings. The third-order valence-electron chi connectivity index (χ3n) is 2.72. The van der Waals surface area contributed by atoms with Crippen molar-refractivity contribution in [3.8, 4) is 0 Å². The van der Waals surface area contributed by atoms with Gasteiger partial charge in [-0.1, -0.05) is 37.6 Å². The van der Waals surface area contributed by atoms with Crippen LogP contribution >= 0.6 is 11.6 Å². The summed E-state index contributed by atoms with van der Waals surface area (Å²) in [6, 6.07) is 4.67. The number of nitrogens with one attached hydrogen (secondary N) is 1. The molecular weight excluding hydrogens is 254 g/mol. The second-order valence-electron chi connectivity index (χ2n) is 4.46. The second-order valence-corrected chi connectivity index (χ2v) is 4.87. The predicted octanol–water partition coefficient (Wildman–Crippen LogP) is 2.00. The molecule has 0 aliphatic heterocycles. The van der Waals surface area contributed by atoms with Gasteiger partial charge >= 0.3 is 5.97 Å². The number of benzene rings is 1. The van der Waals surface area contributed by atoms with E-state index in [2.05, 4.69) is 5.32 Å². The van der Waals surface area contributed by atoms with Crippen molar-refractivity contribution in [2.45, 2.75) is 32.4 Å². The number of carbonyl (C=O) groups is 1. The number of aliphatic carboxylic acids is 1. The molecule has 0 saturated heterocycles. The van der Waals surface area contributed by atoms with Crippen molar-refractivity contribution in [2.75, 3.05) is 6.61 Å². The Morgan fingerprint density at radius 1 is 1.44 bits per heavy atom. The van der Waals surface area contributed by atoms with Crippen LogP contribution < -0.4 is 5.32 Å². The zero-order valence-corrected chi connectivity index (χ0v) is 11.2. The van der Waals surface area contributed by atoms with E-state index >= 15 is 0 Å². The van der Waals surface area contributed by atoms with Crippen molar-refractivity contribution >= 4 is 17.6 Å². The van der Waals surface area contributed by atoms with Gasteiger partial charge in [-0.3, -0.25) is 10.1 Å². The Balaban J connectivity index is 2.74. The molecule has 0 bridgehead atoms. The Morgan fingerprint density at radius 3 is 2.61 bits per heavy atom. The number of rotatable bonds is 6. The van der Waals surface area contributed by atoms with Gasteiger partial charge < -0.3 is 10.2 Å². The number of halogens is 1. The number of hydrogen-bond donors (Lipinski definition) is 3. The summed E-state index contributed by atoms with van der Waals surface area (Å²) in [4.78, 5) is 10.7. The van der Waals surface area contributed by atoms with Gasteiger partial charge in [0, 0.05) is 11.6 Å². The van der Waals surface area contributed by atoms with Gasteiger partial charge in [0.25, 0.3) is 0 Å². The van der Waals surface area contributed by atoms with Gasteiger partial charge in [0.05, 0.1) is 6.61 Å². The van der Waals surface area contributed by atoms with Gasteiger partial charge in [-0.15, -0.1) is 0 Å². The van der Waals surface area contributed by atoms with E-state index < -0.39 is 18.6 Å². The normalized spacial score (nSPS) is 12.7. The largest absolute Gasteiger partial charge is 0.480 e. The van der Waals surface area contributed by atoms with Gasteiger partial charge in [-0.05, 0) is 23.1 Å². The van der Waals surface area contributed by atoms with Crippen LogP contribution in [0.5, 0.6) is 0 Å². The average molecular weight is 272 g/mol. The number of hydrogen-bond acceptors (Lipinski definition) is 3.